The molecule has 1 aromatic heterocycles. The average Bonchev–Trinajstić information content (AvgIpc) is 3.17. The van der Waals surface area contributed by atoms with Crippen molar-refractivity contribution in [2.45, 2.75) is 45.2 Å². The second-order valence-corrected chi connectivity index (χ2v) is 7.25. The van der Waals surface area contributed by atoms with E-state index in [2.05, 4.69) is 38.1 Å². The van der Waals surface area contributed by atoms with Gasteiger partial charge in [-0.2, -0.15) is 0 Å². The fraction of sp³-hybridized carbons (Fsp3) is 0.444. The molecule has 1 fully saturated rings. The first-order chi connectivity index (χ1) is 11.0. The summed E-state index contributed by atoms with van der Waals surface area (Å²) in [5, 5.41) is 12.3. The quantitative estimate of drug-likeness (QED) is 0.901. The van der Waals surface area contributed by atoms with Crippen LogP contribution in [0.5, 0.6) is 0 Å². The lowest BCUT2D eigenvalue weighted by Gasteiger charge is -2.19. The molecule has 5 heteroatoms. The Morgan fingerprint density at radius 2 is 2.13 bits per heavy atom. The molecule has 4 nitrogen and oxygen atoms in total. The molecule has 0 spiro atoms. The SMILES string of the molecule is CC(C)c1ccc(-c2nc(CN3CCCC3C(=O)O)cs2)cc1. The van der Waals surface area contributed by atoms with Gasteiger partial charge in [-0.15, -0.1) is 11.3 Å². The monoisotopic (exact) mass is 330 g/mol. The highest BCUT2D eigenvalue weighted by molar-refractivity contribution is 7.13. The number of thiazole rings is 1. The van der Waals surface area contributed by atoms with Gasteiger partial charge in [0.15, 0.2) is 0 Å². The third-order valence-corrected chi connectivity index (χ3v) is 5.33. The first-order valence-corrected chi connectivity index (χ1v) is 8.94. The number of hydrogen-bond donors (Lipinski definition) is 1. The van der Waals surface area contributed by atoms with E-state index < -0.39 is 5.97 Å². The Hall–Kier alpha value is -1.72. The van der Waals surface area contributed by atoms with Crippen LogP contribution in [0.1, 0.15) is 43.9 Å². The second kappa shape index (κ2) is 6.81. The number of aromatic nitrogens is 1. The van der Waals surface area contributed by atoms with Crippen LogP contribution in [-0.2, 0) is 11.3 Å². The lowest BCUT2D eigenvalue weighted by molar-refractivity contribution is -0.142. The summed E-state index contributed by atoms with van der Waals surface area (Å²) < 4.78 is 0. The normalized spacial score (nSPS) is 18.7. The predicted molar refractivity (Wildman–Crippen MR) is 92.7 cm³/mol. The Bertz CT molecular complexity index is 679. The lowest BCUT2D eigenvalue weighted by Crippen LogP contribution is -2.35. The molecule has 2 heterocycles. The maximum atomic E-state index is 11.3. The van der Waals surface area contributed by atoms with Crippen molar-refractivity contribution in [1.82, 2.24) is 9.88 Å². The molecule has 122 valence electrons. The van der Waals surface area contributed by atoms with Gasteiger partial charge in [-0.25, -0.2) is 4.98 Å². The van der Waals surface area contributed by atoms with Gasteiger partial charge in [-0.3, -0.25) is 9.69 Å². The molecule has 0 saturated carbocycles. The summed E-state index contributed by atoms with van der Waals surface area (Å²) >= 11 is 1.62. The molecule has 1 aliphatic rings. The van der Waals surface area contributed by atoms with Crippen LogP contribution in [0.4, 0.5) is 0 Å². The topological polar surface area (TPSA) is 53.4 Å². The fourth-order valence-corrected chi connectivity index (χ4v) is 3.84. The molecule has 1 aliphatic heterocycles. The van der Waals surface area contributed by atoms with E-state index in [0.29, 0.717) is 12.5 Å². The number of benzene rings is 1. The van der Waals surface area contributed by atoms with Crippen LogP contribution in [0, 0.1) is 0 Å². The van der Waals surface area contributed by atoms with Gasteiger partial charge in [0.05, 0.1) is 5.69 Å². The van der Waals surface area contributed by atoms with Crippen molar-refractivity contribution in [1.29, 1.82) is 0 Å². The van der Waals surface area contributed by atoms with E-state index in [9.17, 15) is 9.90 Å². The molecular weight excluding hydrogens is 308 g/mol. The molecule has 0 radical (unpaired) electrons. The van der Waals surface area contributed by atoms with E-state index >= 15 is 0 Å². The number of aliphatic carboxylic acids is 1. The summed E-state index contributed by atoms with van der Waals surface area (Å²) in [4.78, 5) is 18.0. The first-order valence-electron chi connectivity index (χ1n) is 8.06. The van der Waals surface area contributed by atoms with E-state index in [-0.39, 0.29) is 6.04 Å². The zero-order valence-corrected chi connectivity index (χ0v) is 14.3. The Morgan fingerprint density at radius 1 is 1.39 bits per heavy atom. The zero-order valence-electron chi connectivity index (χ0n) is 13.5. The van der Waals surface area contributed by atoms with Gasteiger partial charge in [0.2, 0.25) is 0 Å². The van der Waals surface area contributed by atoms with Gasteiger partial charge in [-0.05, 0) is 30.9 Å². The number of nitrogens with zero attached hydrogens (tertiary/aromatic N) is 2. The van der Waals surface area contributed by atoms with Crippen molar-refractivity contribution < 1.29 is 9.90 Å². The van der Waals surface area contributed by atoms with Crippen LogP contribution in [-0.4, -0.2) is 33.5 Å². The van der Waals surface area contributed by atoms with Crippen LogP contribution in [0.2, 0.25) is 0 Å². The molecule has 2 aromatic rings. The molecule has 1 aromatic carbocycles. The van der Waals surface area contributed by atoms with Gasteiger partial charge >= 0.3 is 5.97 Å². The standard InChI is InChI=1S/C18H22N2O2S/c1-12(2)13-5-7-14(8-6-13)17-19-15(11-23-17)10-20-9-3-4-16(20)18(21)22/h5-8,11-12,16H,3-4,9-10H2,1-2H3,(H,21,22). The van der Waals surface area contributed by atoms with Gasteiger partial charge in [0, 0.05) is 17.5 Å². The third-order valence-electron chi connectivity index (χ3n) is 4.39. The van der Waals surface area contributed by atoms with Crippen LogP contribution in [0.3, 0.4) is 0 Å². The van der Waals surface area contributed by atoms with E-state index in [1.807, 2.05) is 10.3 Å². The number of carboxylic acid groups (broad SMARTS) is 1. The Kier molecular flexibility index (Phi) is 4.78. The third kappa shape index (κ3) is 3.62. The highest BCUT2D eigenvalue weighted by Crippen LogP contribution is 2.27. The average molecular weight is 330 g/mol. The molecule has 3 rings (SSSR count). The summed E-state index contributed by atoms with van der Waals surface area (Å²) in [5.41, 5.74) is 3.42. The van der Waals surface area contributed by atoms with Crippen LogP contribution >= 0.6 is 11.3 Å². The van der Waals surface area contributed by atoms with E-state index in [0.717, 1.165) is 35.7 Å². The highest BCUT2D eigenvalue weighted by atomic mass is 32.1. The minimum atomic E-state index is -0.720. The molecule has 23 heavy (non-hydrogen) atoms. The summed E-state index contributed by atoms with van der Waals surface area (Å²) in [6.45, 7) is 5.83. The molecule has 1 unspecified atom stereocenters. The summed E-state index contributed by atoms with van der Waals surface area (Å²) in [6, 6.07) is 8.19. The highest BCUT2D eigenvalue weighted by Gasteiger charge is 2.30. The molecule has 0 aliphatic carbocycles. The van der Waals surface area contributed by atoms with Crippen molar-refractivity contribution in [3.8, 4) is 10.6 Å². The minimum absolute atomic E-state index is 0.356. The van der Waals surface area contributed by atoms with Crippen LogP contribution < -0.4 is 0 Å². The van der Waals surface area contributed by atoms with Crippen molar-refractivity contribution in [2.24, 2.45) is 0 Å². The van der Waals surface area contributed by atoms with Crippen LogP contribution in [0.25, 0.3) is 10.6 Å². The largest absolute Gasteiger partial charge is 0.480 e. The fourth-order valence-electron chi connectivity index (χ4n) is 3.03. The molecule has 0 bridgehead atoms. The van der Waals surface area contributed by atoms with Gasteiger partial charge < -0.3 is 5.11 Å². The summed E-state index contributed by atoms with van der Waals surface area (Å²) in [7, 11) is 0. The first kappa shape index (κ1) is 16.1. The van der Waals surface area contributed by atoms with Crippen molar-refractivity contribution in [3.05, 3.63) is 40.9 Å². The molecule has 1 saturated heterocycles. The predicted octanol–water partition coefficient (Wildman–Crippen LogP) is 3.98. The number of rotatable bonds is 5. The number of likely N-dealkylation sites (tertiary alicyclic amines) is 1. The molecule has 0 amide bonds. The second-order valence-electron chi connectivity index (χ2n) is 6.39. The summed E-state index contributed by atoms with van der Waals surface area (Å²) in [5.74, 6) is -0.193. The van der Waals surface area contributed by atoms with Crippen molar-refractivity contribution in [2.75, 3.05) is 6.54 Å². The van der Waals surface area contributed by atoms with E-state index in [1.54, 1.807) is 11.3 Å². The number of hydrogen-bond acceptors (Lipinski definition) is 4. The minimum Gasteiger partial charge on any atom is -0.480 e. The Balaban J connectivity index is 1.71. The van der Waals surface area contributed by atoms with E-state index in [1.165, 1.54) is 5.56 Å². The number of carbonyl (C=O) groups is 1. The Morgan fingerprint density at radius 3 is 2.78 bits per heavy atom. The smallest absolute Gasteiger partial charge is 0.320 e. The molecular formula is C18H22N2O2S. The lowest BCUT2D eigenvalue weighted by atomic mass is 10.0. The van der Waals surface area contributed by atoms with E-state index in [4.69, 9.17) is 4.98 Å². The van der Waals surface area contributed by atoms with Gasteiger partial charge in [-0.1, -0.05) is 38.1 Å². The zero-order chi connectivity index (χ0) is 16.4. The van der Waals surface area contributed by atoms with Crippen LogP contribution in [0.15, 0.2) is 29.6 Å². The number of carboxylic acids is 1. The molecule has 1 atom stereocenters. The van der Waals surface area contributed by atoms with Gasteiger partial charge in [0.25, 0.3) is 0 Å². The maximum Gasteiger partial charge on any atom is 0.320 e. The molecule has 1 N–H and O–H groups in total. The maximum absolute atomic E-state index is 11.3. The van der Waals surface area contributed by atoms with Crippen molar-refractivity contribution in [3.63, 3.8) is 0 Å². The van der Waals surface area contributed by atoms with Gasteiger partial charge in [0.1, 0.15) is 11.0 Å². The summed E-state index contributed by atoms with van der Waals surface area (Å²) in [6.07, 6.45) is 1.69. The van der Waals surface area contributed by atoms with Crippen molar-refractivity contribution >= 4 is 17.3 Å². The Labute approximate surface area is 140 Å².